The molecule has 0 aliphatic heterocycles. The molecule has 3 aromatic rings. The van der Waals surface area contributed by atoms with Crippen LogP contribution >= 0.6 is 11.6 Å². The minimum absolute atomic E-state index is 0.371. The van der Waals surface area contributed by atoms with Crippen LogP contribution in [0.1, 0.15) is 5.56 Å². The SMILES string of the molecule is COc1cc(Cl)c(C)cc1NC(=O)Nc1ccc2nc[nH]c2c1. The van der Waals surface area contributed by atoms with Crippen molar-refractivity contribution in [1.29, 1.82) is 0 Å². The molecule has 0 fully saturated rings. The molecule has 0 aliphatic rings. The summed E-state index contributed by atoms with van der Waals surface area (Å²) in [4.78, 5) is 19.3. The largest absolute Gasteiger partial charge is 0.495 e. The number of urea groups is 1. The van der Waals surface area contributed by atoms with E-state index in [0.717, 1.165) is 16.6 Å². The topological polar surface area (TPSA) is 79.0 Å². The first kappa shape index (κ1) is 15.2. The summed E-state index contributed by atoms with van der Waals surface area (Å²) in [6, 6.07) is 8.49. The van der Waals surface area contributed by atoms with Crippen molar-refractivity contribution < 1.29 is 9.53 Å². The quantitative estimate of drug-likeness (QED) is 0.674. The molecule has 7 heteroatoms. The van der Waals surface area contributed by atoms with E-state index in [2.05, 4.69) is 20.6 Å². The zero-order valence-corrected chi connectivity index (χ0v) is 13.4. The predicted octanol–water partition coefficient (Wildman–Crippen LogP) is 4.18. The van der Waals surface area contributed by atoms with Crippen LogP contribution < -0.4 is 15.4 Å². The lowest BCUT2D eigenvalue weighted by atomic mass is 10.2. The number of halogens is 1. The van der Waals surface area contributed by atoms with E-state index in [1.165, 1.54) is 7.11 Å². The number of anilines is 2. The molecule has 6 nitrogen and oxygen atoms in total. The van der Waals surface area contributed by atoms with Crippen molar-refractivity contribution in [2.45, 2.75) is 6.92 Å². The van der Waals surface area contributed by atoms with E-state index in [9.17, 15) is 4.79 Å². The standard InChI is InChI=1S/C16H15ClN4O2/c1-9-5-14(15(23-2)7-11(9)17)21-16(22)20-10-3-4-12-13(6-10)19-8-18-12/h3-8H,1-2H3,(H,18,19)(H2,20,21,22). The van der Waals surface area contributed by atoms with Crippen molar-refractivity contribution in [1.82, 2.24) is 9.97 Å². The van der Waals surface area contributed by atoms with E-state index in [1.54, 1.807) is 24.5 Å². The number of carbonyl (C=O) groups excluding carboxylic acids is 1. The molecule has 118 valence electrons. The van der Waals surface area contributed by atoms with E-state index < -0.39 is 0 Å². The number of methoxy groups -OCH3 is 1. The van der Waals surface area contributed by atoms with Gasteiger partial charge in [-0.25, -0.2) is 9.78 Å². The van der Waals surface area contributed by atoms with Gasteiger partial charge in [0.05, 0.1) is 30.2 Å². The third kappa shape index (κ3) is 3.22. The van der Waals surface area contributed by atoms with Gasteiger partial charge in [-0.1, -0.05) is 11.6 Å². The average molecular weight is 331 g/mol. The van der Waals surface area contributed by atoms with Crippen molar-refractivity contribution in [3.8, 4) is 5.75 Å². The number of fused-ring (bicyclic) bond motifs is 1. The number of nitrogens with one attached hydrogen (secondary N) is 3. The first-order valence-corrected chi connectivity index (χ1v) is 7.30. The van der Waals surface area contributed by atoms with Crippen LogP contribution in [-0.2, 0) is 0 Å². The molecule has 0 saturated heterocycles. The zero-order chi connectivity index (χ0) is 16.4. The number of benzene rings is 2. The number of amides is 2. The number of aromatic nitrogens is 2. The summed E-state index contributed by atoms with van der Waals surface area (Å²) in [6.07, 6.45) is 1.61. The fourth-order valence-corrected chi connectivity index (χ4v) is 2.38. The maximum absolute atomic E-state index is 12.2. The third-order valence-corrected chi connectivity index (χ3v) is 3.81. The number of carbonyl (C=O) groups is 1. The molecular weight excluding hydrogens is 316 g/mol. The molecule has 0 saturated carbocycles. The number of hydrogen-bond acceptors (Lipinski definition) is 3. The first-order valence-electron chi connectivity index (χ1n) is 6.92. The Morgan fingerprint density at radius 1 is 1.26 bits per heavy atom. The highest BCUT2D eigenvalue weighted by atomic mass is 35.5. The van der Waals surface area contributed by atoms with Crippen LogP contribution in [0.4, 0.5) is 16.2 Å². The minimum atomic E-state index is -0.371. The zero-order valence-electron chi connectivity index (χ0n) is 12.6. The second kappa shape index (κ2) is 6.18. The fraction of sp³-hybridized carbons (Fsp3) is 0.125. The number of H-pyrrole nitrogens is 1. The van der Waals surface area contributed by atoms with Gasteiger partial charge in [0.25, 0.3) is 0 Å². The molecule has 0 bridgehead atoms. The van der Waals surface area contributed by atoms with Gasteiger partial charge in [-0.05, 0) is 36.8 Å². The summed E-state index contributed by atoms with van der Waals surface area (Å²) >= 11 is 6.06. The number of rotatable bonds is 3. The van der Waals surface area contributed by atoms with Gasteiger partial charge in [0.1, 0.15) is 5.75 Å². The van der Waals surface area contributed by atoms with Gasteiger partial charge in [0.15, 0.2) is 0 Å². The van der Waals surface area contributed by atoms with Crippen LogP contribution in [0.5, 0.6) is 5.75 Å². The maximum atomic E-state index is 12.2. The number of imidazole rings is 1. The highest BCUT2D eigenvalue weighted by Crippen LogP contribution is 2.31. The third-order valence-electron chi connectivity index (χ3n) is 3.41. The molecular formula is C16H15ClN4O2. The van der Waals surface area contributed by atoms with Crippen molar-refractivity contribution in [2.75, 3.05) is 17.7 Å². The molecule has 0 radical (unpaired) electrons. The van der Waals surface area contributed by atoms with Crippen molar-refractivity contribution in [3.63, 3.8) is 0 Å². The van der Waals surface area contributed by atoms with Gasteiger partial charge >= 0.3 is 6.03 Å². The Hall–Kier alpha value is -2.73. The number of ether oxygens (including phenoxy) is 1. The molecule has 0 aliphatic carbocycles. The fourth-order valence-electron chi connectivity index (χ4n) is 2.23. The first-order chi connectivity index (χ1) is 11.1. The summed E-state index contributed by atoms with van der Waals surface area (Å²) in [5, 5.41) is 6.11. The Bertz CT molecular complexity index is 876. The average Bonchev–Trinajstić information content (AvgIpc) is 2.98. The molecule has 2 aromatic carbocycles. The van der Waals surface area contributed by atoms with Crippen LogP contribution in [0.15, 0.2) is 36.7 Å². The lowest BCUT2D eigenvalue weighted by molar-refractivity contribution is 0.262. The maximum Gasteiger partial charge on any atom is 0.323 e. The molecule has 0 unspecified atom stereocenters. The van der Waals surface area contributed by atoms with Gasteiger partial charge in [0, 0.05) is 16.8 Å². The van der Waals surface area contributed by atoms with Crippen LogP contribution in [-0.4, -0.2) is 23.1 Å². The van der Waals surface area contributed by atoms with Crippen LogP contribution in [0.3, 0.4) is 0 Å². The van der Waals surface area contributed by atoms with Crippen molar-refractivity contribution in [2.24, 2.45) is 0 Å². The van der Waals surface area contributed by atoms with Crippen molar-refractivity contribution in [3.05, 3.63) is 47.2 Å². The number of aryl methyl sites for hydroxylation is 1. The van der Waals surface area contributed by atoms with Crippen LogP contribution in [0.25, 0.3) is 11.0 Å². The van der Waals surface area contributed by atoms with Gasteiger partial charge in [-0.2, -0.15) is 0 Å². The molecule has 2 amide bonds. The predicted molar refractivity (Wildman–Crippen MR) is 91.5 cm³/mol. The molecule has 1 aromatic heterocycles. The molecule has 0 spiro atoms. The van der Waals surface area contributed by atoms with E-state index in [4.69, 9.17) is 16.3 Å². The monoisotopic (exact) mass is 330 g/mol. The highest BCUT2D eigenvalue weighted by molar-refractivity contribution is 6.31. The van der Waals surface area contributed by atoms with Gasteiger partial charge in [-0.15, -0.1) is 0 Å². The molecule has 0 atom stereocenters. The molecule has 23 heavy (non-hydrogen) atoms. The molecule has 3 rings (SSSR count). The summed E-state index contributed by atoms with van der Waals surface area (Å²) in [5.74, 6) is 0.500. The number of aromatic amines is 1. The van der Waals surface area contributed by atoms with Crippen LogP contribution in [0, 0.1) is 6.92 Å². The Balaban J connectivity index is 1.77. The number of hydrogen-bond donors (Lipinski definition) is 3. The lowest BCUT2D eigenvalue weighted by Gasteiger charge is -2.13. The van der Waals surface area contributed by atoms with E-state index in [1.807, 2.05) is 19.1 Å². The highest BCUT2D eigenvalue weighted by Gasteiger charge is 2.11. The van der Waals surface area contributed by atoms with E-state index in [0.29, 0.717) is 22.1 Å². The summed E-state index contributed by atoms with van der Waals surface area (Å²) < 4.78 is 5.24. The normalized spacial score (nSPS) is 10.6. The molecule has 3 N–H and O–H groups in total. The van der Waals surface area contributed by atoms with E-state index >= 15 is 0 Å². The second-order valence-corrected chi connectivity index (χ2v) is 5.42. The van der Waals surface area contributed by atoms with Crippen LogP contribution in [0.2, 0.25) is 5.02 Å². The Labute approximate surface area is 137 Å². The minimum Gasteiger partial charge on any atom is -0.495 e. The molecule has 1 heterocycles. The van der Waals surface area contributed by atoms with Gasteiger partial charge < -0.3 is 20.4 Å². The second-order valence-electron chi connectivity index (χ2n) is 5.02. The van der Waals surface area contributed by atoms with Gasteiger partial charge in [0.2, 0.25) is 0 Å². The smallest absolute Gasteiger partial charge is 0.323 e. The Morgan fingerprint density at radius 3 is 2.87 bits per heavy atom. The Morgan fingerprint density at radius 2 is 2.09 bits per heavy atom. The summed E-state index contributed by atoms with van der Waals surface area (Å²) in [6.45, 7) is 1.86. The number of nitrogens with zero attached hydrogens (tertiary/aromatic N) is 1. The van der Waals surface area contributed by atoms with E-state index in [-0.39, 0.29) is 6.03 Å². The van der Waals surface area contributed by atoms with Gasteiger partial charge in [-0.3, -0.25) is 0 Å². The Kier molecular flexibility index (Phi) is 4.08. The summed E-state index contributed by atoms with van der Waals surface area (Å²) in [7, 11) is 1.52. The van der Waals surface area contributed by atoms with Crippen molar-refractivity contribution >= 4 is 40.0 Å². The lowest BCUT2D eigenvalue weighted by Crippen LogP contribution is -2.19. The summed E-state index contributed by atoms with van der Waals surface area (Å²) in [5.41, 5.74) is 3.74.